The minimum absolute atomic E-state index is 0.392. The second-order valence-electron chi connectivity index (χ2n) is 4.18. The molecule has 1 saturated heterocycles. The molecule has 16 heavy (non-hydrogen) atoms. The molecule has 0 bridgehead atoms. The summed E-state index contributed by atoms with van der Waals surface area (Å²) in [5.41, 5.74) is 1.10. The van der Waals surface area contributed by atoms with Crippen LogP contribution in [0, 0.1) is 0 Å². The Hall–Kier alpha value is -0.390. The first kappa shape index (κ1) is 12.1. The standard InChI is InChI=1S/C11H14BrNO2S/c1-16(14,15)11-5-9(4-10(12)6-11)8-2-3-13-7-8/h4-6,8,13H,2-3,7H2,1H3. The van der Waals surface area contributed by atoms with Crippen LogP contribution in [-0.2, 0) is 9.84 Å². The molecule has 0 radical (unpaired) electrons. The zero-order valence-electron chi connectivity index (χ0n) is 9.03. The second kappa shape index (κ2) is 4.47. The van der Waals surface area contributed by atoms with Crippen molar-refractivity contribution in [2.75, 3.05) is 19.3 Å². The average Bonchev–Trinajstić information content (AvgIpc) is 2.68. The Labute approximate surface area is 104 Å². The van der Waals surface area contributed by atoms with Crippen LogP contribution < -0.4 is 5.32 Å². The molecule has 0 spiro atoms. The molecule has 1 atom stereocenters. The molecule has 1 aromatic rings. The predicted molar refractivity (Wildman–Crippen MR) is 67.5 cm³/mol. The fraction of sp³-hybridized carbons (Fsp3) is 0.455. The molecule has 1 aromatic carbocycles. The summed E-state index contributed by atoms with van der Waals surface area (Å²) < 4.78 is 23.9. The lowest BCUT2D eigenvalue weighted by atomic mass is 9.99. The Morgan fingerprint density at radius 2 is 2.12 bits per heavy atom. The van der Waals surface area contributed by atoms with Crippen LogP contribution in [0.1, 0.15) is 17.9 Å². The van der Waals surface area contributed by atoms with Crippen LogP contribution in [0.15, 0.2) is 27.6 Å². The second-order valence-corrected chi connectivity index (χ2v) is 7.11. The molecule has 0 saturated carbocycles. The van der Waals surface area contributed by atoms with Gasteiger partial charge in [-0.1, -0.05) is 15.9 Å². The molecule has 1 aliphatic rings. The highest BCUT2D eigenvalue weighted by Crippen LogP contribution is 2.28. The van der Waals surface area contributed by atoms with E-state index < -0.39 is 9.84 Å². The number of hydrogen-bond donors (Lipinski definition) is 1. The molecular formula is C11H14BrNO2S. The molecule has 1 aliphatic heterocycles. The summed E-state index contributed by atoms with van der Waals surface area (Å²) in [7, 11) is -3.13. The van der Waals surface area contributed by atoms with Crippen molar-refractivity contribution in [3.63, 3.8) is 0 Å². The minimum atomic E-state index is -3.13. The highest BCUT2D eigenvalue weighted by Gasteiger charge is 2.19. The van der Waals surface area contributed by atoms with Gasteiger partial charge in [-0.15, -0.1) is 0 Å². The van der Waals surface area contributed by atoms with Crippen molar-refractivity contribution < 1.29 is 8.42 Å². The Kier molecular flexibility index (Phi) is 3.37. The number of sulfone groups is 1. The minimum Gasteiger partial charge on any atom is -0.316 e. The van der Waals surface area contributed by atoms with Gasteiger partial charge in [0.1, 0.15) is 0 Å². The fourth-order valence-electron chi connectivity index (χ4n) is 1.97. The zero-order valence-corrected chi connectivity index (χ0v) is 11.4. The van der Waals surface area contributed by atoms with Gasteiger partial charge >= 0.3 is 0 Å². The fourth-order valence-corrected chi connectivity index (χ4v) is 3.33. The van der Waals surface area contributed by atoms with E-state index in [9.17, 15) is 8.42 Å². The number of benzene rings is 1. The van der Waals surface area contributed by atoms with Gasteiger partial charge < -0.3 is 5.32 Å². The van der Waals surface area contributed by atoms with Crippen LogP contribution in [0.3, 0.4) is 0 Å². The Balaban J connectivity index is 2.43. The van der Waals surface area contributed by atoms with E-state index in [1.54, 1.807) is 12.1 Å². The van der Waals surface area contributed by atoms with Gasteiger partial charge in [-0.25, -0.2) is 8.42 Å². The summed E-state index contributed by atoms with van der Waals surface area (Å²) >= 11 is 3.37. The number of nitrogens with one attached hydrogen (secondary N) is 1. The van der Waals surface area contributed by atoms with Crippen LogP contribution in [0.5, 0.6) is 0 Å². The van der Waals surface area contributed by atoms with Crippen molar-refractivity contribution in [3.05, 3.63) is 28.2 Å². The van der Waals surface area contributed by atoms with E-state index in [1.807, 2.05) is 6.07 Å². The van der Waals surface area contributed by atoms with E-state index in [0.29, 0.717) is 10.8 Å². The maximum Gasteiger partial charge on any atom is 0.175 e. The number of rotatable bonds is 2. The normalized spacial score (nSPS) is 21.2. The maximum atomic E-state index is 11.5. The third-order valence-electron chi connectivity index (χ3n) is 2.85. The first-order valence-corrected chi connectivity index (χ1v) is 7.86. The summed E-state index contributed by atoms with van der Waals surface area (Å²) in [5, 5.41) is 3.28. The van der Waals surface area contributed by atoms with E-state index in [4.69, 9.17) is 0 Å². The Morgan fingerprint density at radius 3 is 2.69 bits per heavy atom. The van der Waals surface area contributed by atoms with Crippen LogP contribution in [0.2, 0.25) is 0 Å². The lowest BCUT2D eigenvalue weighted by Crippen LogP contribution is -2.08. The molecule has 1 N–H and O–H groups in total. The van der Waals surface area contributed by atoms with Gasteiger partial charge in [0.2, 0.25) is 0 Å². The molecule has 0 aliphatic carbocycles. The molecule has 5 heteroatoms. The highest BCUT2D eigenvalue weighted by molar-refractivity contribution is 9.10. The molecule has 2 rings (SSSR count). The van der Waals surface area contributed by atoms with Gasteiger partial charge in [-0.2, -0.15) is 0 Å². The monoisotopic (exact) mass is 303 g/mol. The van der Waals surface area contributed by atoms with E-state index in [-0.39, 0.29) is 0 Å². The highest BCUT2D eigenvalue weighted by atomic mass is 79.9. The van der Waals surface area contributed by atoms with Crippen LogP contribution in [0.25, 0.3) is 0 Å². The number of hydrogen-bond acceptors (Lipinski definition) is 3. The summed E-state index contributed by atoms with van der Waals surface area (Å²) in [4.78, 5) is 0.392. The van der Waals surface area contributed by atoms with Crippen molar-refractivity contribution in [2.24, 2.45) is 0 Å². The third-order valence-corrected chi connectivity index (χ3v) is 4.40. The van der Waals surface area contributed by atoms with Gasteiger partial charge in [0, 0.05) is 17.3 Å². The van der Waals surface area contributed by atoms with Gasteiger partial charge in [0.25, 0.3) is 0 Å². The summed E-state index contributed by atoms with van der Waals surface area (Å²) in [5.74, 6) is 0.429. The van der Waals surface area contributed by atoms with Crippen LogP contribution >= 0.6 is 15.9 Å². The predicted octanol–water partition coefficient (Wildman–Crippen LogP) is 1.93. The maximum absolute atomic E-state index is 11.5. The van der Waals surface area contributed by atoms with Crippen molar-refractivity contribution in [1.29, 1.82) is 0 Å². The Bertz CT molecular complexity index is 493. The van der Waals surface area contributed by atoms with Gasteiger partial charge in [-0.05, 0) is 42.6 Å². The lowest BCUT2D eigenvalue weighted by Gasteiger charge is -2.11. The van der Waals surface area contributed by atoms with E-state index >= 15 is 0 Å². The smallest absolute Gasteiger partial charge is 0.175 e. The molecule has 0 aromatic heterocycles. The van der Waals surface area contributed by atoms with Crippen LogP contribution in [-0.4, -0.2) is 27.8 Å². The summed E-state index contributed by atoms with van der Waals surface area (Å²) in [6.45, 7) is 1.94. The molecule has 3 nitrogen and oxygen atoms in total. The first-order chi connectivity index (χ1) is 7.47. The average molecular weight is 304 g/mol. The molecule has 1 unspecified atom stereocenters. The van der Waals surface area contributed by atoms with Crippen LogP contribution in [0.4, 0.5) is 0 Å². The Morgan fingerprint density at radius 1 is 1.38 bits per heavy atom. The molecular weight excluding hydrogens is 290 g/mol. The van der Waals surface area contributed by atoms with Crippen molar-refractivity contribution in [3.8, 4) is 0 Å². The molecule has 0 amide bonds. The van der Waals surface area contributed by atoms with Crippen molar-refractivity contribution >= 4 is 25.8 Å². The summed E-state index contributed by atoms with van der Waals surface area (Å²) in [6.07, 6.45) is 2.31. The van der Waals surface area contributed by atoms with E-state index in [1.165, 1.54) is 6.26 Å². The topological polar surface area (TPSA) is 46.2 Å². The van der Waals surface area contributed by atoms with Crippen molar-refractivity contribution in [1.82, 2.24) is 5.32 Å². The largest absolute Gasteiger partial charge is 0.316 e. The number of halogens is 1. The third kappa shape index (κ3) is 2.64. The van der Waals surface area contributed by atoms with Crippen molar-refractivity contribution in [2.45, 2.75) is 17.2 Å². The quantitative estimate of drug-likeness (QED) is 0.908. The molecule has 88 valence electrons. The lowest BCUT2D eigenvalue weighted by molar-refractivity contribution is 0.601. The molecule has 1 fully saturated rings. The van der Waals surface area contributed by atoms with E-state index in [0.717, 1.165) is 29.5 Å². The van der Waals surface area contributed by atoms with Gasteiger partial charge in [-0.3, -0.25) is 0 Å². The zero-order chi connectivity index (χ0) is 11.8. The first-order valence-electron chi connectivity index (χ1n) is 5.18. The van der Waals surface area contributed by atoms with Gasteiger partial charge in [0.05, 0.1) is 4.90 Å². The summed E-state index contributed by atoms with van der Waals surface area (Å²) in [6, 6.07) is 5.45. The SMILES string of the molecule is CS(=O)(=O)c1cc(Br)cc(C2CCNC2)c1. The molecule has 1 heterocycles. The van der Waals surface area contributed by atoms with E-state index in [2.05, 4.69) is 21.2 Å². The van der Waals surface area contributed by atoms with Gasteiger partial charge in [0.15, 0.2) is 9.84 Å².